The minimum atomic E-state index is -0.801. The lowest BCUT2D eigenvalue weighted by Crippen LogP contribution is -2.40. The Bertz CT molecular complexity index is 381. The van der Waals surface area contributed by atoms with Crippen LogP contribution in [0.4, 0.5) is 4.39 Å². The van der Waals surface area contributed by atoms with E-state index in [9.17, 15) is 9.50 Å². The Morgan fingerprint density at radius 2 is 2.00 bits per heavy atom. The quantitative estimate of drug-likeness (QED) is 0.911. The number of aliphatic hydroxyl groups excluding tert-OH is 1. The number of ether oxygens (including phenoxy) is 1. The van der Waals surface area contributed by atoms with Gasteiger partial charge < -0.3 is 9.84 Å². The van der Waals surface area contributed by atoms with Crippen LogP contribution in [0.15, 0.2) is 18.2 Å². The van der Waals surface area contributed by atoms with Gasteiger partial charge in [-0.25, -0.2) is 4.39 Å². The molecule has 2 nitrogen and oxygen atoms in total. The molecule has 0 aliphatic rings. The highest BCUT2D eigenvalue weighted by molar-refractivity contribution is 6.31. The predicted molar refractivity (Wildman–Crippen MR) is 71.4 cm³/mol. The van der Waals surface area contributed by atoms with Gasteiger partial charge in [0.1, 0.15) is 5.82 Å². The second-order valence-electron chi connectivity index (χ2n) is 5.49. The van der Waals surface area contributed by atoms with Gasteiger partial charge in [0.2, 0.25) is 0 Å². The lowest BCUT2D eigenvalue weighted by atomic mass is 9.83. The fraction of sp³-hybridized carbons (Fsp3) is 0.571. The highest BCUT2D eigenvalue weighted by Gasteiger charge is 2.32. The van der Waals surface area contributed by atoms with Crippen LogP contribution in [0.1, 0.15) is 26.3 Å². The Labute approximate surface area is 113 Å². The van der Waals surface area contributed by atoms with E-state index in [-0.39, 0.29) is 17.9 Å². The molecule has 0 amide bonds. The van der Waals surface area contributed by atoms with Gasteiger partial charge >= 0.3 is 0 Å². The second kappa shape index (κ2) is 6.00. The molecule has 0 radical (unpaired) electrons. The molecule has 0 saturated heterocycles. The van der Waals surface area contributed by atoms with Gasteiger partial charge in [0, 0.05) is 24.1 Å². The first kappa shape index (κ1) is 15.4. The number of aliphatic hydroxyl groups is 1. The third-order valence-electron chi connectivity index (χ3n) is 2.93. The molecule has 0 heterocycles. The zero-order valence-corrected chi connectivity index (χ0v) is 12.0. The summed E-state index contributed by atoms with van der Waals surface area (Å²) in [6, 6.07) is 4.50. The molecule has 18 heavy (non-hydrogen) atoms. The minimum Gasteiger partial charge on any atom is -0.390 e. The summed E-state index contributed by atoms with van der Waals surface area (Å²) in [6.45, 7) is 5.90. The van der Waals surface area contributed by atoms with E-state index in [1.807, 2.05) is 20.8 Å². The van der Waals surface area contributed by atoms with Crippen LogP contribution in [0.3, 0.4) is 0 Å². The maximum absolute atomic E-state index is 13.6. The normalized spacial score (nSPS) is 15.5. The Morgan fingerprint density at radius 3 is 2.44 bits per heavy atom. The maximum Gasteiger partial charge on any atom is 0.127 e. The van der Waals surface area contributed by atoms with E-state index in [1.165, 1.54) is 6.07 Å². The molecule has 0 spiro atoms. The number of rotatable bonds is 4. The molecule has 0 aliphatic heterocycles. The molecule has 0 saturated carbocycles. The van der Waals surface area contributed by atoms with Crippen LogP contribution in [0.2, 0.25) is 5.02 Å². The van der Waals surface area contributed by atoms with Crippen molar-refractivity contribution in [3.63, 3.8) is 0 Å². The molecule has 0 bridgehead atoms. The number of halogens is 2. The summed E-state index contributed by atoms with van der Waals surface area (Å²) < 4.78 is 19.0. The average molecular weight is 275 g/mol. The van der Waals surface area contributed by atoms with E-state index in [4.69, 9.17) is 16.3 Å². The van der Waals surface area contributed by atoms with E-state index < -0.39 is 11.9 Å². The van der Waals surface area contributed by atoms with Crippen LogP contribution in [-0.2, 0) is 11.2 Å². The number of hydrogen-bond acceptors (Lipinski definition) is 2. The molecule has 0 aliphatic carbocycles. The number of benzene rings is 1. The molecule has 0 aromatic heterocycles. The molecule has 102 valence electrons. The van der Waals surface area contributed by atoms with E-state index in [0.717, 1.165) is 0 Å². The Morgan fingerprint density at radius 1 is 1.39 bits per heavy atom. The van der Waals surface area contributed by atoms with Crippen molar-refractivity contribution >= 4 is 11.6 Å². The molecule has 2 unspecified atom stereocenters. The summed E-state index contributed by atoms with van der Waals surface area (Å²) >= 11 is 5.94. The van der Waals surface area contributed by atoms with Gasteiger partial charge in [-0.2, -0.15) is 0 Å². The van der Waals surface area contributed by atoms with Crippen molar-refractivity contribution in [3.05, 3.63) is 34.6 Å². The standard InChI is InChI=1S/C14H20ClFO2/c1-14(2,3)13(18-4)12(17)8-9-10(15)6-5-7-11(9)16/h5-7,12-13,17H,8H2,1-4H3. The number of methoxy groups -OCH3 is 1. The van der Waals surface area contributed by atoms with Crippen molar-refractivity contribution in [3.8, 4) is 0 Å². The molecule has 1 aromatic rings. The topological polar surface area (TPSA) is 29.5 Å². The third-order valence-corrected chi connectivity index (χ3v) is 3.29. The van der Waals surface area contributed by atoms with Gasteiger partial charge in [-0.15, -0.1) is 0 Å². The second-order valence-corrected chi connectivity index (χ2v) is 5.90. The fourth-order valence-corrected chi connectivity index (χ4v) is 2.37. The van der Waals surface area contributed by atoms with Gasteiger partial charge in [0.15, 0.2) is 0 Å². The van der Waals surface area contributed by atoms with Crippen LogP contribution >= 0.6 is 11.6 Å². The zero-order valence-electron chi connectivity index (χ0n) is 11.2. The Hall–Kier alpha value is -0.640. The summed E-state index contributed by atoms with van der Waals surface area (Å²) in [6.07, 6.45) is -1.04. The Balaban J connectivity index is 2.90. The Kier molecular flexibility index (Phi) is 5.14. The van der Waals surface area contributed by atoms with E-state index in [0.29, 0.717) is 10.6 Å². The van der Waals surface area contributed by atoms with Crippen LogP contribution in [0.25, 0.3) is 0 Å². The van der Waals surface area contributed by atoms with Gasteiger partial charge in [-0.3, -0.25) is 0 Å². The molecule has 1 aromatic carbocycles. The van der Waals surface area contributed by atoms with E-state index in [2.05, 4.69) is 0 Å². The molecule has 1 rings (SSSR count). The lowest BCUT2D eigenvalue weighted by Gasteiger charge is -2.33. The highest BCUT2D eigenvalue weighted by Crippen LogP contribution is 2.28. The van der Waals surface area contributed by atoms with Gasteiger partial charge in [0.25, 0.3) is 0 Å². The van der Waals surface area contributed by atoms with Gasteiger partial charge in [0.05, 0.1) is 12.2 Å². The van der Waals surface area contributed by atoms with Crippen molar-refractivity contribution < 1.29 is 14.2 Å². The van der Waals surface area contributed by atoms with Crippen LogP contribution < -0.4 is 0 Å². The lowest BCUT2D eigenvalue weighted by molar-refractivity contribution is -0.0701. The highest BCUT2D eigenvalue weighted by atomic mass is 35.5. The van der Waals surface area contributed by atoms with Crippen LogP contribution in [-0.4, -0.2) is 24.4 Å². The van der Waals surface area contributed by atoms with E-state index >= 15 is 0 Å². The van der Waals surface area contributed by atoms with Gasteiger partial charge in [-0.05, 0) is 17.5 Å². The first-order chi connectivity index (χ1) is 8.27. The molecular weight excluding hydrogens is 255 g/mol. The van der Waals surface area contributed by atoms with Crippen molar-refractivity contribution in [1.29, 1.82) is 0 Å². The largest absolute Gasteiger partial charge is 0.390 e. The molecular formula is C14H20ClFO2. The smallest absolute Gasteiger partial charge is 0.127 e. The van der Waals surface area contributed by atoms with Crippen LogP contribution in [0.5, 0.6) is 0 Å². The van der Waals surface area contributed by atoms with Crippen molar-refractivity contribution in [2.24, 2.45) is 5.41 Å². The first-order valence-corrected chi connectivity index (χ1v) is 6.29. The first-order valence-electron chi connectivity index (χ1n) is 5.91. The van der Waals surface area contributed by atoms with Crippen molar-refractivity contribution in [2.75, 3.05) is 7.11 Å². The summed E-state index contributed by atoms with van der Waals surface area (Å²) in [5.74, 6) is -0.398. The zero-order chi connectivity index (χ0) is 13.9. The summed E-state index contributed by atoms with van der Waals surface area (Å²) in [7, 11) is 1.54. The maximum atomic E-state index is 13.6. The third kappa shape index (κ3) is 3.67. The number of hydrogen-bond donors (Lipinski definition) is 1. The summed E-state index contributed by atoms with van der Waals surface area (Å²) in [5, 5.41) is 10.5. The predicted octanol–water partition coefficient (Wildman–Crippen LogP) is 3.44. The molecule has 4 heteroatoms. The average Bonchev–Trinajstić information content (AvgIpc) is 2.22. The fourth-order valence-electron chi connectivity index (χ4n) is 2.13. The monoisotopic (exact) mass is 274 g/mol. The van der Waals surface area contributed by atoms with E-state index in [1.54, 1.807) is 19.2 Å². The molecule has 1 N–H and O–H groups in total. The van der Waals surface area contributed by atoms with Crippen LogP contribution in [0, 0.1) is 11.2 Å². The summed E-state index contributed by atoms with van der Waals surface area (Å²) in [4.78, 5) is 0. The van der Waals surface area contributed by atoms with Crippen molar-refractivity contribution in [1.82, 2.24) is 0 Å². The van der Waals surface area contributed by atoms with Crippen molar-refractivity contribution in [2.45, 2.75) is 39.4 Å². The molecule has 2 atom stereocenters. The molecule has 0 fully saturated rings. The van der Waals surface area contributed by atoms with Gasteiger partial charge in [-0.1, -0.05) is 38.4 Å². The SMILES string of the molecule is COC(C(O)Cc1c(F)cccc1Cl)C(C)(C)C. The summed E-state index contributed by atoms with van der Waals surface area (Å²) in [5.41, 5.74) is 0.101. The minimum absolute atomic E-state index is 0.140.